The number of anilines is 1. The smallest absolute Gasteiger partial charge is 0.0420 e. The lowest BCUT2D eigenvalue weighted by atomic mass is 10.0. The lowest BCUT2D eigenvalue weighted by Gasteiger charge is -2.16. The Labute approximate surface area is 109 Å². The summed E-state index contributed by atoms with van der Waals surface area (Å²) in [6.45, 7) is 5.24. The Morgan fingerprint density at radius 2 is 1.78 bits per heavy atom. The molecule has 0 heterocycles. The van der Waals surface area contributed by atoms with Crippen LogP contribution in [0.15, 0.2) is 42.5 Å². The second-order valence-electron chi connectivity index (χ2n) is 5.30. The van der Waals surface area contributed by atoms with Crippen molar-refractivity contribution < 1.29 is 0 Å². The Hall–Kier alpha value is -1.54. The van der Waals surface area contributed by atoms with Gasteiger partial charge in [-0.3, -0.25) is 0 Å². The van der Waals surface area contributed by atoms with Gasteiger partial charge in [0.2, 0.25) is 0 Å². The minimum absolute atomic E-state index is 0.212. The fourth-order valence-corrected chi connectivity index (χ4v) is 2.31. The van der Waals surface area contributed by atoms with Crippen molar-refractivity contribution in [2.75, 3.05) is 11.9 Å². The molecule has 1 unspecified atom stereocenters. The molecule has 1 atom stereocenters. The van der Waals surface area contributed by atoms with Crippen LogP contribution in [0.4, 0.5) is 5.69 Å². The van der Waals surface area contributed by atoms with Crippen LogP contribution in [0, 0.1) is 5.92 Å². The van der Waals surface area contributed by atoms with Gasteiger partial charge in [-0.25, -0.2) is 0 Å². The number of hydrogen-bond acceptors (Lipinski definition) is 2. The van der Waals surface area contributed by atoms with E-state index >= 15 is 0 Å². The molecule has 2 rings (SSSR count). The first-order valence-electron chi connectivity index (χ1n) is 6.64. The summed E-state index contributed by atoms with van der Waals surface area (Å²) in [7, 11) is 0. The second-order valence-corrected chi connectivity index (χ2v) is 5.30. The van der Waals surface area contributed by atoms with Crippen molar-refractivity contribution in [1.29, 1.82) is 0 Å². The van der Waals surface area contributed by atoms with Crippen LogP contribution in [-0.4, -0.2) is 12.6 Å². The van der Waals surface area contributed by atoms with Crippen molar-refractivity contribution in [2.24, 2.45) is 11.7 Å². The molecule has 0 amide bonds. The molecule has 0 aliphatic carbocycles. The van der Waals surface area contributed by atoms with Gasteiger partial charge in [0.05, 0.1) is 0 Å². The van der Waals surface area contributed by atoms with E-state index < -0.39 is 0 Å². The van der Waals surface area contributed by atoms with Crippen LogP contribution in [0.5, 0.6) is 0 Å². The molecule has 2 heteroatoms. The summed E-state index contributed by atoms with van der Waals surface area (Å²) in [4.78, 5) is 0. The summed E-state index contributed by atoms with van der Waals surface area (Å²) in [6, 6.07) is 15.0. The summed E-state index contributed by atoms with van der Waals surface area (Å²) in [6.07, 6.45) is 1.05. The van der Waals surface area contributed by atoms with Gasteiger partial charge in [-0.15, -0.1) is 0 Å². The number of benzene rings is 2. The van der Waals surface area contributed by atoms with Crippen LogP contribution in [0.25, 0.3) is 10.8 Å². The molecule has 2 nitrogen and oxygen atoms in total. The number of nitrogens with one attached hydrogen (secondary N) is 1. The van der Waals surface area contributed by atoms with Crippen molar-refractivity contribution in [1.82, 2.24) is 0 Å². The van der Waals surface area contributed by atoms with E-state index in [1.807, 2.05) is 0 Å². The lowest BCUT2D eigenvalue weighted by molar-refractivity contribution is 0.508. The molecule has 0 radical (unpaired) electrons. The predicted molar refractivity (Wildman–Crippen MR) is 79.9 cm³/mol. The third-order valence-corrected chi connectivity index (χ3v) is 3.12. The second kappa shape index (κ2) is 5.87. The predicted octanol–water partition coefficient (Wildman–Crippen LogP) is 3.63. The third-order valence-electron chi connectivity index (χ3n) is 3.12. The molecule has 0 spiro atoms. The van der Waals surface area contributed by atoms with E-state index in [0.29, 0.717) is 5.92 Å². The Kier molecular flexibility index (Phi) is 4.21. The van der Waals surface area contributed by atoms with Crippen LogP contribution in [0.2, 0.25) is 0 Å². The first kappa shape index (κ1) is 12.9. The highest BCUT2D eigenvalue weighted by Gasteiger charge is 2.06. The van der Waals surface area contributed by atoms with E-state index in [1.54, 1.807) is 0 Å². The average Bonchev–Trinajstić information content (AvgIpc) is 2.35. The van der Waals surface area contributed by atoms with Gasteiger partial charge < -0.3 is 11.1 Å². The molecular weight excluding hydrogens is 220 g/mol. The van der Waals surface area contributed by atoms with Gasteiger partial charge in [-0.2, -0.15) is 0 Å². The molecule has 0 aliphatic heterocycles. The zero-order chi connectivity index (χ0) is 13.0. The molecule has 0 bridgehead atoms. The molecule has 2 aromatic rings. The summed E-state index contributed by atoms with van der Waals surface area (Å²) in [5, 5.41) is 5.99. The molecule has 0 saturated heterocycles. The minimum Gasteiger partial charge on any atom is -0.383 e. The standard InChI is InChI=1S/C16H22N2/c1-12(2)10-14(17)11-18-16-9-5-7-13-6-3-4-8-15(13)16/h3-9,12,14,18H,10-11,17H2,1-2H3. The van der Waals surface area contributed by atoms with Gasteiger partial charge in [0.15, 0.2) is 0 Å². The zero-order valence-electron chi connectivity index (χ0n) is 11.2. The van der Waals surface area contributed by atoms with Crippen LogP contribution in [0.1, 0.15) is 20.3 Å². The van der Waals surface area contributed by atoms with Gasteiger partial charge in [0, 0.05) is 23.7 Å². The van der Waals surface area contributed by atoms with Gasteiger partial charge in [0.25, 0.3) is 0 Å². The van der Waals surface area contributed by atoms with E-state index in [-0.39, 0.29) is 6.04 Å². The monoisotopic (exact) mass is 242 g/mol. The molecule has 2 aromatic carbocycles. The first-order chi connectivity index (χ1) is 8.66. The Bertz CT molecular complexity index is 500. The summed E-state index contributed by atoms with van der Waals surface area (Å²) in [5.41, 5.74) is 7.28. The normalized spacial score (nSPS) is 12.9. The SMILES string of the molecule is CC(C)CC(N)CNc1cccc2ccccc12. The number of fused-ring (bicyclic) bond motifs is 1. The maximum Gasteiger partial charge on any atom is 0.0420 e. The fourth-order valence-electron chi connectivity index (χ4n) is 2.31. The fraction of sp³-hybridized carbons (Fsp3) is 0.375. The third kappa shape index (κ3) is 3.23. The molecule has 96 valence electrons. The molecule has 0 aliphatic rings. The number of hydrogen-bond donors (Lipinski definition) is 2. The average molecular weight is 242 g/mol. The molecule has 3 N–H and O–H groups in total. The highest BCUT2D eigenvalue weighted by Crippen LogP contribution is 2.22. The molecule has 0 fully saturated rings. The maximum absolute atomic E-state index is 6.10. The topological polar surface area (TPSA) is 38.0 Å². The Morgan fingerprint density at radius 1 is 1.06 bits per heavy atom. The van der Waals surface area contributed by atoms with Gasteiger partial charge in [-0.05, 0) is 23.8 Å². The molecular formula is C16H22N2. The molecule has 18 heavy (non-hydrogen) atoms. The van der Waals surface area contributed by atoms with E-state index in [0.717, 1.165) is 13.0 Å². The highest BCUT2D eigenvalue weighted by atomic mass is 14.9. The van der Waals surface area contributed by atoms with Gasteiger partial charge >= 0.3 is 0 Å². The quantitative estimate of drug-likeness (QED) is 0.840. The van der Waals surface area contributed by atoms with Crippen LogP contribution in [-0.2, 0) is 0 Å². The minimum atomic E-state index is 0.212. The van der Waals surface area contributed by atoms with E-state index in [1.165, 1.54) is 16.5 Å². The molecule has 0 saturated carbocycles. The highest BCUT2D eigenvalue weighted by molar-refractivity contribution is 5.93. The van der Waals surface area contributed by atoms with Gasteiger partial charge in [-0.1, -0.05) is 50.2 Å². The van der Waals surface area contributed by atoms with E-state index in [2.05, 4.69) is 61.6 Å². The maximum atomic E-state index is 6.10. The van der Waals surface area contributed by atoms with Crippen LogP contribution < -0.4 is 11.1 Å². The van der Waals surface area contributed by atoms with Crippen molar-refractivity contribution in [3.8, 4) is 0 Å². The van der Waals surface area contributed by atoms with Crippen molar-refractivity contribution in [3.63, 3.8) is 0 Å². The van der Waals surface area contributed by atoms with E-state index in [9.17, 15) is 0 Å². The van der Waals surface area contributed by atoms with Crippen LogP contribution >= 0.6 is 0 Å². The molecule has 0 aromatic heterocycles. The number of rotatable bonds is 5. The Morgan fingerprint density at radius 3 is 2.56 bits per heavy atom. The van der Waals surface area contributed by atoms with Crippen molar-refractivity contribution in [2.45, 2.75) is 26.3 Å². The Balaban J connectivity index is 2.08. The van der Waals surface area contributed by atoms with Crippen LogP contribution in [0.3, 0.4) is 0 Å². The first-order valence-corrected chi connectivity index (χ1v) is 6.64. The summed E-state index contributed by atoms with van der Waals surface area (Å²) < 4.78 is 0. The zero-order valence-corrected chi connectivity index (χ0v) is 11.2. The lowest BCUT2D eigenvalue weighted by Crippen LogP contribution is -2.30. The van der Waals surface area contributed by atoms with E-state index in [4.69, 9.17) is 5.73 Å². The van der Waals surface area contributed by atoms with Gasteiger partial charge in [0.1, 0.15) is 0 Å². The van der Waals surface area contributed by atoms with Crippen molar-refractivity contribution >= 4 is 16.5 Å². The summed E-state index contributed by atoms with van der Waals surface area (Å²) in [5.74, 6) is 0.648. The largest absolute Gasteiger partial charge is 0.383 e. The number of nitrogens with two attached hydrogens (primary N) is 1. The van der Waals surface area contributed by atoms with Crippen molar-refractivity contribution in [3.05, 3.63) is 42.5 Å². The summed E-state index contributed by atoms with van der Waals surface area (Å²) >= 11 is 0.